The molecular formula is C16H24N4O2. The number of carbonyl (C=O) groups is 1. The quantitative estimate of drug-likeness (QED) is 0.824. The molecule has 6 nitrogen and oxygen atoms in total. The maximum absolute atomic E-state index is 12.5. The molecule has 0 bridgehead atoms. The smallest absolute Gasteiger partial charge is 0.320 e. The van der Waals surface area contributed by atoms with Gasteiger partial charge in [0.2, 0.25) is 5.88 Å². The summed E-state index contributed by atoms with van der Waals surface area (Å²) in [7, 11) is 2.09. The van der Waals surface area contributed by atoms with Gasteiger partial charge in [-0.3, -0.25) is 0 Å². The summed E-state index contributed by atoms with van der Waals surface area (Å²) >= 11 is 0. The number of likely N-dealkylation sites (N-methyl/N-ethyl adjacent to an activating group) is 1. The molecule has 6 heteroatoms. The van der Waals surface area contributed by atoms with Crippen LogP contribution in [0.15, 0.2) is 18.3 Å². The molecular weight excluding hydrogens is 280 g/mol. The molecule has 1 aromatic rings. The van der Waals surface area contributed by atoms with E-state index in [0.717, 1.165) is 44.7 Å². The van der Waals surface area contributed by atoms with Crippen LogP contribution in [0.1, 0.15) is 12.0 Å². The number of urea groups is 1. The van der Waals surface area contributed by atoms with Crippen LogP contribution in [0.4, 0.5) is 4.79 Å². The number of aryl methyl sites for hydroxylation is 1. The number of hydrogen-bond acceptors (Lipinski definition) is 4. The first-order chi connectivity index (χ1) is 10.6. The first kappa shape index (κ1) is 15.1. The predicted octanol–water partition coefficient (Wildman–Crippen LogP) is 1.21. The van der Waals surface area contributed by atoms with E-state index in [9.17, 15) is 4.79 Å². The van der Waals surface area contributed by atoms with Crippen LogP contribution in [0, 0.1) is 6.92 Å². The Hall–Kier alpha value is -1.82. The number of ether oxygens (including phenoxy) is 1. The number of pyridine rings is 1. The fourth-order valence-electron chi connectivity index (χ4n) is 2.89. The van der Waals surface area contributed by atoms with Crippen molar-refractivity contribution in [1.82, 2.24) is 19.7 Å². The zero-order valence-corrected chi connectivity index (χ0v) is 13.4. The van der Waals surface area contributed by atoms with Crippen molar-refractivity contribution in [1.29, 1.82) is 0 Å². The zero-order chi connectivity index (χ0) is 15.5. The highest BCUT2D eigenvalue weighted by Gasteiger charge is 2.31. The minimum absolute atomic E-state index is 0.0478. The molecule has 2 aliphatic rings. The van der Waals surface area contributed by atoms with E-state index in [-0.39, 0.29) is 12.1 Å². The number of likely N-dealkylation sites (tertiary alicyclic amines) is 1. The Kier molecular flexibility index (Phi) is 4.47. The second kappa shape index (κ2) is 6.52. The number of hydrogen-bond donors (Lipinski definition) is 0. The summed E-state index contributed by atoms with van der Waals surface area (Å²) in [4.78, 5) is 22.9. The topological polar surface area (TPSA) is 48.9 Å². The molecule has 2 saturated heterocycles. The van der Waals surface area contributed by atoms with Gasteiger partial charge in [-0.05, 0) is 19.5 Å². The first-order valence-corrected chi connectivity index (χ1v) is 7.93. The molecule has 1 atom stereocenters. The molecule has 3 rings (SSSR count). The molecule has 22 heavy (non-hydrogen) atoms. The number of amides is 2. The van der Waals surface area contributed by atoms with Gasteiger partial charge >= 0.3 is 6.03 Å². The Morgan fingerprint density at radius 3 is 2.64 bits per heavy atom. The maximum Gasteiger partial charge on any atom is 0.320 e. The van der Waals surface area contributed by atoms with E-state index in [1.54, 1.807) is 6.20 Å². The Bertz CT molecular complexity index is 511. The van der Waals surface area contributed by atoms with E-state index in [2.05, 4.69) is 16.9 Å². The fourth-order valence-corrected chi connectivity index (χ4v) is 2.89. The number of piperazine rings is 1. The highest BCUT2D eigenvalue weighted by Crippen LogP contribution is 2.18. The molecule has 0 aromatic carbocycles. The van der Waals surface area contributed by atoms with Gasteiger partial charge in [0.15, 0.2) is 0 Å². The molecule has 120 valence electrons. The third-order valence-corrected chi connectivity index (χ3v) is 4.36. The maximum atomic E-state index is 12.5. The zero-order valence-electron chi connectivity index (χ0n) is 13.4. The summed E-state index contributed by atoms with van der Waals surface area (Å²) in [5.74, 6) is 0.643. The monoisotopic (exact) mass is 304 g/mol. The first-order valence-electron chi connectivity index (χ1n) is 7.93. The number of nitrogens with zero attached hydrogens (tertiary/aromatic N) is 4. The van der Waals surface area contributed by atoms with Gasteiger partial charge < -0.3 is 19.4 Å². The van der Waals surface area contributed by atoms with Gasteiger partial charge in [0, 0.05) is 51.4 Å². The van der Waals surface area contributed by atoms with Crippen LogP contribution in [0.2, 0.25) is 0 Å². The Balaban J connectivity index is 1.51. The predicted molar refractivity (Wildman–Crippen MR) is 84.0 cm³/mol. The van der Waals surface area contributed by atoms with Crippen LogP contribution in [0.5, 0.6) is 5.88 Å². The van der Waals surface area contributed by atoms with Gasteiger partial charge in [0.25, 0.3) is 0 Å². The molecule has 3 heterocycles. The average Bonchev–Trinajstić information content (AvgIpc) is 2.98. The van der Waals surface area contributed by atoms with Crippen molar-refractivity contribution in [2.45, 2.75) is 19.4 Å². The molecule has 1 aromatic heterocycles. The molecule has 1 unspecified atom stereocenters. The van der Waals surface area contributed by atoms with E-state index in [1.165, 1.54) is 0 Å². The standard InChI is InChI=1S/C16H24N4O2/c1-13-3-4-15(17-11-13)22-14-5-6-20(12-14)16(21)19-9-7-18(2)8-10-19/h3-4,11,14H,5-10,12H2,1-2H3. The number of carbonyl (C=O) groups excluding carboxylic acids is 1. The minimum atomic E-state index is 0.0478. The highest BCUT2D eigenvalue weighted by molar-refractivity contribution is 5.75. The fraction of sp³-hybridized carbons (Fsp3) is 0.625. The van der Waals surface area contributed by atoms with Gasteiger partial charge in [-0.15, -0.1) is 0 Å². The molecule has 0 saturated carbocycles. The summed E-state index contributed by atoms with van der Waals surface area (Å²) in [6, 6.07) is 4.03. The van der Waals surface area contributed by atoms with Gasteiger partial charge in [-0.2, -0.15) is 0 Å². The van der Waals surface area contributed by atoms with Crippen LogP contribution < -0.4 is 4.74 Å². The van der Waals surface area contributed by atoms with Crippen LogP contribution in [-0.4, -0.2) is 78.1 Å². The summed E-state index contributed by atoms with van der Waals surface area (Å²) < 4.78 is 5.88. The number of rotatable bonds is 2. The summed E-state index contributed by atoms with van der Waals surface area (Å²) in [5, 5.41) is 0. The Morgan fingerprint density at radius 1 is 1.18 bits per heavy atom. The molecule has 0 radical (unpaired) electrons. The molecule has 0 spiro atoms. The summed E-state index contributed by atoms with van der Waals surface area (Å²) in [6.45, 7) is 6.96. The van der Waals surface area contributed by atoms with Crippen molar-refractivity contribution >= 4 is 6.03 Å². The van der Waals surface area contributed by atoms with Crippen LogP contribution in [0.3, 0.4) is 0 Å². The van der Waals surface area contributed by atoms with E-state index in [4.69, 9.17) is 4.74 Å². The van der Waals surface area contributed by atoms with Crippen molar-refractivity contribution in [2.24, 2.45) is 0 Å². The van der Waals surface area contributed by atoms with Gasteiger partial charge in [-0.1, -0.05) is 6.07 Å². The summed E-state index contributed by atoms with van der Waals surface area (Å²) in [5.41, 5.74) is 1.12. The van der Waals surface area contributed by atoms with E-state index in [0.29, 0.717) is 12.4 Å². The Morgan fingerprint density at radius 2 is 1.95 bits per heavy atom. The third-order valence-electron chi connectivity index (χ3n) is 4.36. The van der Waals surface area contributed by atoms with Crippen molar-refractivity contribution < 1.29 is 9.53 Å². The van der Waals surface area contributed by atoms with Crippen LogP contribution >= 0.6 is 0 Å². The largest absolute Gasteiger partial charge is 0.472 e. The lowest BCUT2D eigenvalue weighted by Crippen LogP contribution is -2.51. The van der Waals surface area contributed by atoms with Gasteiger partial charge in [0.05, 0.1) is 6.54 Å². The molecule has 2 aliphatic heterocycles. The molecule has 0 aliphatic carbocycles. The third kappa shape index (κ3) is 3.50. The molecule has 2 amide bonds. The van der Waals surface area contributed by atoms with E-state index < -0.39 is 0 Å². The van der Waals surface area contributed by atoms with Gasteiger partial charge in [-0.25, -0.2) is 9.78 Å². The lowest BCUT2D eigenvalue weighted by Gasteiger charge is -2.34. The van der Waals surface area contributed by atoms with Crippen LogP contribution in [0.25, 0.3) is 0 Å². The van der Waals surface area contributed by atoms with E-state index in [1.807, 2.05) is 28.9 Å². The van der Waals surface area contributed by atoms with Gasteiger partial charge in [0.1, 0.15) is 6.10 Å². The Labute approximate surface area is 131 Å². The van der Waals surface area contributed by atoms with Crippen molar-refractivity contribution in [3.63, 3.8) is 0 Å². The average molecular weight is 304 g/mol. The lowest BCUT2D eigenvalue weighted by molar-refractivity contribution is 0.123. The highest BCUT2D eigenvalue weighted by atomic mass is 16.5. The summed E-state index contributed by atoms with van der Waals surface area (Å²) in [6.07, 6.45) is 2.72. The van der Waals surface area contributed by atoms with Crippen LogP contribution in [-0.2, 0) is 0 Å². The lowest BCUT2D eigenvalue weighted by atomic mass is 10.3. The SMILES string of the molecule is Cc1ccc(OC2CCN(C(=O)N3CCN(C)CC3)C2)nc1. The molecule has 2 fully saturated rings. The second-order valence-electron chi connectivity index (χ2n) is 6.22. The van der Waals surface area contributed by atoms with Crippen molar-refractivity contribution in [3.8, 4) is 5.88 Å². The normalized spacial score (nSPS) is 22.9. The van der Waals surface area contributed by atoms with E-state index >= 15 is 0 Å². The minimum Gasteiger partial charge on any atom is -0.472 e. The number of aromatic nitrogens is 1. The second-order valence-corrected chi connectivity index (χ2v) is 6.22. The van der Waals surface area contributed by atoms with Crippen molar-refractivity contribution in [3.05, 3.63) is 23.9 Å². The molecule has 0 N–H and O–H groups in total. The van der Waals surface area contributed by atoms with Crippen molar-refractivity contribution in [2.75, 3.05) is 46.3 Å².